The topological polar surface area (TPSA) is 26.0 Å². The molecule has 6 rings (SSSR count). The first-order valence-electron chi connectivity index (χ1n) is 13.0. The summed E-state index contributed by atoms with van der Waals surface area (Å²) in [6.45, 7) is 5.60. The van der Waals surface area contributed by atoms with Crippen molar-refractivity contribution in [3.63, 3.8) is 0 Å². The Kier molecular flexibility index (Phi) is 3.68. The van der Waals surface area contributed by atoms with Gasteiger partial charge in [-0.1, -0.05) is 75.4 Å². The zero-order valence-corrected chi connectivity index (χ0v) is 19.1. The molecule has 0 bridgehead atoms. The van der Waals surface area contributed by atoms with Crippen LogP contribution in [0.25, 0.3) is 54.7 Å². The van der Waals surface area contributed by atoms with E-state index in [1.807, 2.05) is 45.0 Å². The van der Waals surface area contributed by atoms with Crippen LogP contribution in [0.2, 0.25) is 0 Å². The number of benzene rings is 4. The summed E-state index contributed by atoms with van der Waals surface area (Å²) in [7, 11) is 0. The van der Waals surface area contributed by atoms with Crippen molar-refractivity contribution >= 4 is 43.5 Å². The summed E-state index contributed by atoms with van der Waals surface area (Å²) < 4.78 is 32.2. The van der Waals surface area contributed by atoms with Gasteiger partial charge in [0, 0.05) is 32.0 Å². The van der Waals surface area contributed by atoms with Crippen molar-refractivity contribution in [3.05, 3.63) is 90.1 Å². The van der Waals surface area contributed by atoms with Crippen molar-refractivity contribution in [3.8, 4) is 11.3 Å². The van der Waals surface area contributed by atoms with E-state index in [0.717, 1.165) is 43.7 Å². The summed E-state index contributed by atoms with van der Waals surface area (Å²) in [4.78, 5) is 4.69. The third kappa shape index (κ3) is 3.29. The number of rotatable bonds is 2. The van der Waals surface area contributed by atoms with Crippen LogP contribution < -0.4 is 0 Å². The first-order valence-corrected chi connectivity index (χ1v) is 11.3. The van der Waals surface area contributed by atoms with E-state index in [4.69, 9.17) is 8.53 Å². The van der Waals surface area contributed by atoms with E-state index in [1.165, 1.54) is 5.39 Å². The van der Waals surface area contributed by atoms with E-state index in [0.29, 0.717) is 16.8 Å². The number of fused-ring (bicyclic) bond motifs is 7. The monoisotopic (exact) mass is 432 g/mol. The van der Waals surface area contributed by atoms with Crippen LogP contribution in [0, 0.1) is 12.3 Å². The number of para-hydroxylation sites is 1. The van der Waals surface area contributed by atoms with Crippen molar-refractivity contribution < 1.29 is 8.53 Å². The van der Waals surface area contributed by atoms with Gasteiger partial charge in [0.1, 0.15) is 11.2 Å². The fraction of sp³-hybridized carbons (Fsp3) is 0.194. The van der Waals surface area contributed by atoms with Gasteiger partial charge in [-0.2, -0.15) is 0 Å². The summed E-state index contributed by atoms with van der Waals surface area (Å²) in [6, 6.07) is 24.8. The van der Waals surface area contributed by atoms with Crippen LogP contribution >= 0.6 is 0 Å². The molecular weight excluding hydrogens is 402 g/mol. The molecular formula is C31H27NO. The highest BCUT2D eigenvalue weighted by molar-refractivity contribution is 6.23. The third-order valence-electron chi connectivity index (χ3n) is 6.15. The van der Waals surface area contributed by atoms with E-state index in [1.54, 1.807) is 6.20 Å². The summed E-state index contributed by atoms with van der Waals surface area (Å²) in [5.41, 5.74) is 3.63. The number of furan rings is 1. The molecule has 0 spiro atoms. The van der Waals surface area contributed by atoms with Crippen molar-refractivity contribution in [2.45, 2.75) is 34.0 Å². The lowest BCUT2D eigenvalue weighted by molar-refractivity contribution is 0.410. The number of hydrogen-bond acceptors (Lipinski definition) is 2. The molecule has 4 aromatic carbocycles. The molecule has 0 fully saturated rings. The van der Waals surface area contributed by atoms with Crippen molar-refractivity contribution in [2.24, 2.45) is 5.41 Å². The number of aromatic nitrogens is 1. The Labute approximate surface area is 198 Å². The highest BCUT2D eigenvalue weighted by atomic mass is 16.3. The van der Waals surface area contributed by atoms with Gasteiger partial charge >= 0.3 is 0 Å². The van der Waals surface area contributed by atoms with Gasteiger partial charge in [0.05, 0.1) is 5.69 Å². The average molecular weight is 433 g/mol. The molecule has 0 amide bonds. The Bertz CT molecular complexity index is 1790. The highest BCUT2D eigenvalue weighted by Gasteiger charge is 2.18. The van der Waals surface area contributed by atoms with Crippen molar-refractivity contribution in [1.29, 1.82) is 0 Å². The van der Waals surface area contributed by atoms with Gasteiger partial charge in [-0.05, 0) is 64.2 Å². The zero-order valence-electron chi connectivity index (χ0n) is 22.1. The summed E-state index contributed by atoms with van der Waals surface area (Å²) in [5.74, 6) is 0. The number of aryl methyl sites for hydroxylation is 1. The molecule has 0 N–H and O–H groups in total. The fourth-order valence-corrected chi connectivity index (χ4v) is 4.71. The standard InChI is InChI=1S/C31H27NO/c1-19-16-27(32-18-22(19)17-31(2,3)4)26-11-7-10-24-25-15-14-21-13-12-20-8-5-6-9-23(20)28(21)30(25)33-29(24)26/h5-16,18H,17H2,1-4H3/i1D,17D2. The van der Waals surface area contributed by atoms with Crippen molar-refractivity contribution in [2.75, 3.05) is 0 Å². The van der Waals surface area contributed by atoms with Crippen LogP contribution in [0.1, 0.15) is 36.0 Å². The van der Waals surface area contributed by atoms with Crippen LogP contribution in [0.3, 0.4) is 0 Å². The normalized spacial score (nSPS) is 14.1. The third-order valence-corrected chi connectivity index (χ3v) is 6.15. The second-order valence-electron chi connectivity index (χ2n) is 9.71. The van der Waals surface area contributed by atoms with Gasteiger partial charge < -0.3 is 4.42 Å². The fourth-order valence-electron chi connectivity index (χ4n) is 4.71. The number of hydrogen-bond donors (Lipinski definition) is 0. The maximum absolute atomic E-state index is 8.71. The lowest BCUT2D eigenvalue weighted by Crippen LogP contribution is -2.10. The summed E-state index contributed by atoms with van der Waals surface area (Å²) >= 11 is 0. The molecule has 0 aliphatic rings. The first kappa shape index (κ1) is 16.9. The second-order valence-corrected chi connectivity index (χ2v) is 9.71. The Morgan fingerprint density at radius 3 is 2.45 bits per heavy atom. The molecule has 2 heteroatoms. The van der Waals surface area contributed by atoms with Crippen molar-refractivity contribution in [1.82, 2.24) is 4.98 Å². The molecule has 162 valence electrons. The summed E-state index contributed by atoms with van der Waals surface area (Å²) in [6.07, 6.45) is -0.00485. The molecule has 0 unspecified atom stereocenters. The smallest absolute Gasteiger partial charge is 0.144 e. The van der Waals surface area contributed by atoms with Gasteiger partial charge in [0.25, 0.3) is 0 Å². The van der Waals surface area contributed by atoms with Crippen LogP contribution in [0.15, 0.2) is 83.4 Å². The Balaban J connectivity index is 1.62. The van der Waals surface area contributed by atoms with Gasteiger partial charge in [-0.3, -0.25) is 4.98 Å². The largest absolute Gasteiger partial charge is 0.455 e. The predicted octanol–water partition coefficient (Wildman–Crippen LogP) is 8.85. The second kappa shape index (κ2) is 7.18. The number of nitrogens with zero attached hydrogens (tertiary/aromatic N) is 1. The minimum Gasteiger partial charge on any atom is -0.455 e. The van der Waals surface area contributed by atoms with Gasteiger partial charge in [0.15, 0.2) is 0 Å². The molecule has 2 heterocycles. The number of pyridine rings is 1. The summed E-state index contributed by atoms with van der Waals surface area (Å²) in [5, 5.41) is 6.62. The Hall–Kier alpha value is -3.65. The quantitative estimate of drug-likeness (QED) is 0.255. The van der Waals surface area contributed by atoms with Crippen LogP contribution in [-0.2, 0) is 6.37 Å². The molecule has 0 atom stereocenters. The molecule has 0 aliphatic heterocycles. The Morgan fingerprint density at radius 2 is 1.61 bits per heavy atom. The highest BCUT2D eigenvalue weighted by Crippen LogP contribution is 2.40. The van der Waals surface area contributed by atoms with Crippen LogP contribution in [0.5, 0.6) is 0 Å². The zero-order chi connectivity index (χ0) is 25.2. The van der Waals surface area contributed by atoms with E-state index in [9.17, 15) is 0 Å². The molecule has 33 heavy (non-hydrogen) atoms. The SMILES string of the molecule is [2H]Cc1cc(-c2cccc3c2oc2c3ccc3ccc4ccccc4c32)ncc1C([2H])([2H])C(C)(C)C. The first-order chi connectivity index (χ1) is 17.2. The molecule has 6 aromatic rings. The Morgan fingerprint density at radius 1 is 0.848 bits per heavy atom. The van der Waals surface area contributed by atoms with E-state index in [2.05, 4.69) is 53.5 Å². The molecule has 2 nitrogen and oxygen atoms in total. The molecule has 0 radical (unpaired) electrons. The van der Waals surface area contributed by atoms with Crippen LogP contribution in [0.4, 0.5) is 0 Å². The van der Waals surface area contributed by atoms with Crippen LogP contribution in [-0.4, -0.2) is 4.98 Å². The van der Waals surface area contributed by atoms with Gasteiger partial charge in [-0.15, -0.1) is 0 Å². The molecule has 0 saturated carbocycles. The maximum Gasteiger partial charge on any atom is 0.144 e. The van der Waals surface area contributed by atoms with E-state index < -0.39 is 11.8 Å². The predicted molar refractivity (Wildman–Crippen MR) is 140 cm³/mol. The maximum atomic E-state index is 8.71. The minimum atomic E-state index is -1.61. The molecule has 0 saturated heterocycles. The molecule has 2 aromatic heterocycles. The van der Waals surface area contributed by atoms with Gasteiger partial charge in [-0.25, -0.2) is 0 Å². The minimum absolute atomic E-state index is 0.0207. The molecule has 0 aliphatic carbocycles. The average Bonchev–Trinajstić information content (AvgIpc) is 3.26. The van der Waals surface area contributed by atoms with Gasteiger partial charge in [0.2, 0.25) is 0 Å². The van der Waals surface area contributed by atoms with E-state index in [-0.39, 0.29) is 6.90 Å². The lowest BCUT2D eigenvalue weighted by atomic mass is 9.87. The lowest BCUT2D eigenvalue weighted by Gasteiger charge is -2.19. The van der Waals surface area contributed by atoms with E-state index >= 15 is 0 Å².